The largest absolute Gasteiger partial charge is 0.439 e. The topological polar surface area (TPSA) is 82.8 Å². The van der Waals surface area contributed by atoms with E-state index in [0.29, 0.717) is 19.0 Å². The van der Waals surface area contributed by atoms with E-state index in [-0.39, 0.29) is 0 Å². The van der Waals surface area contributed by atoms with Gasteiger partial charge in [-0.25, -0.2) is 9.67 Å². The van der Waals surface area contributed by atoms with Crippen LogP contribution in [-0.4, -0.2) is 20.0 Å². The molecule has 0 saturated heterocycles. The van der Waals surface area contributed by atoms with Gasteiger partial charge in [-0.15, -0.1) is 5.10 Å². The van der Waals surface area contributed by atoms with E-state index < -0.39 is 0 Å². The number of benzene rings is 1. The van der Waals surface area contributed by atoms with E-state index in [4.69, 9.17) is 10.2 Å². The molecule has 2 N–H and O–H groups in total. The molecule has 0 bridgehead atoms. The average Bonchev–Trinajstić information content (AvgIpc) is 3.03. The molecule has 19 heavy (non-hydrogen) atoms. The Morgan fingerprint density at radius 3 is 3.00 bits per heavy atom. The van der Waals surface area contributed by atoms with E-state index >= 15 is 0 Å². The van der Waals surface area contributed by atoms with Crippen LogP contribution in [0.3, 0.4) is 0 Å². The number of hydrogen-bond acceptors (Lipinski definition) is 5. The van der Waals surface area contributed by atoms with Crippen molar-refractivity contribution in [2.24, 2.45) is 5.73 Å². The summed E-state index contributed by atoms with van der Waals surface area (Å²) in [6.07, 6.45) is 2.79. The Labute approximate surface area is 110 Å². The summed E-state index contributed by atoms with van der Waals surface area (Å²) in [5.74, 6) is 0.622. The SMILES string of the molecule is CCc1ccc2oc(Cn3cc(CN)nn3)nc2c1. The monoisotopic (exact) mass is 257 g/mol. The Bertz CT molecular complexity index is 700. The van der Waals surface area contributed by atoms with Gasteiger partial charge in [0.1, 0.15) is 12.1 Å². The second-order valence-corrected chi connectivity index (χ2v) is 4.37. The van der Waals surface area contributed by atoms with Crippen LogP contribution < -0.4 is 5.73 Å². The highest BCUT2D eigenvalue weighted by molar-refractivity contribution is 5.73. The average molecular weight is 257 g/mol. The third-order valence-corrected chi connectivity index (χ3v) is 3.00. The molecular weight excluding hydrogens is 242 g/mol. The first-order chi connectivity index (χ1) is 9.28. The lowest BCUT2D eigenvalue weighted by Gasteiger charge is -1.93. The number of hydrogen-bond donors (Lipinski definition) is 1. The fraction of sp³-hybridized carbons (Fsp3) is 0.308. The van der Waals surface area contributed by atoms with Crippen molar-refractivity contribution >= 4 is 11.1 Å². The third-order valence-electron chi connectivity index (χ3n) is 3.00. The lowest BCUT2D eigenvalue weighted by atomic mass is 10.1. The van der Waals surface area contributed by atoms with Crippen molar-refractivity contribution in [3.63, 3.8) is 0 Å². The maximum atomic E-state index is 5.68. The molecule has 1 aromatic carbocycles. The van der Waals surface area contributed by atoms with Crippen LogP contribution in [0.25, 0.3) is 11.1 Å². The maximum absolute atomic E-state index is 5.68. The standard InChI is InChI=1S/C13H15N5O/c1-2-9-3-4-12-11(5-9)15-13(19-12)8-18-7-10(6-14)16-17-18/h3-5,7H,2,6,8,14H2,1H3. The van der Waals surface area contributed by atoms with Crippen LogP contribution in [0.5, 0.6) is 0 Å². The van der Waals surface area contributed by atoms with Crippen LogP contribution in [0, 0.1) is 0 Å². The number of rotatable bonds is 4. The van der Waals surface area contributed by atoms with E-state index in [0.717, 1.165) is 23.2 Å². The Hall–Kier alpha value is -2.21. The van der Waals surface area contributed by atoms with Crippen LogP contribution in [0.15, 0.2) is 28.8 Å². The first-order valence-electron chi connectivity index (χ1n) is 6.26. The lowest BCUT2D eigenvalue weighted by molar-refractivity contribution is 0.485. The highest BCUT2D eigenvalue weighted by atomic mass is 16.3. The van der Waals surface area contributed by atoms with Gasteiger partial charge in [-0.3, -0.25) is 0 Å². The predicted octanol–water partition coefficient (Wildman–Crippen LogP) is 1.49. The first-order valence-corrected chi connectivity index (χ1v) is 6.26. The summed E-state index contributed by atoms with van der Waals surface area (Å²) in [7, 11) is 0. The van der Waals surface area contributed by atoms with Crippen LogP contribution in [-0.2, 0) is 19.5 Å². The zero-order valence-corrected chi connectivity index (χ0v) is 10.7. The molecule has 0 aliphatic rings. The predicted molar refractivity (Wildman–Crippen MR) is 70.4 cm³/mol. The molecule has 0 unspecified atom stereocenters. The number of aromatic nitrogens is 4. The summed E-state index contributed by atoms with van der Waals surface area (Å²) in [6, 6.07) is 6.06. The molecule has 6 heteroatoms. The van der Waals surface area contributed by atoms with Crippen molar-refractivity contribution < 1.29 is 4.42 Å². The molecule has 0 aliphatic carbocycles. The minimum Gasteiger partial charge on any atom is -0.439 e. The molecular formula is C13H15N5O. The van der Waals surface area contributed by atoms with Gasteiger partial charge in [0.15, 0.2) is 5.58 Å². The van der Waals surface area contributed by atoms with Crippen molar-refractivity contribution in [1.82, 2.24) is 20.0 Å². The molecule has 0 radical (unpaired) electrons. The lowest BCUT2D eigenvalue weighted by Crippen LogP contribution is -2.00. The third kappa shape index (κ3) is 2.34. The van der Waals surface area contributed by atoms with Gasteiger partial charge in [-0.1, -0.05) is 18.2 Å². The van der Waals surface area contributed by atoms with E-state index in [1.54, 1.807) is 10.9 Å². The summed E-state index contributed by atoms with van der Waals surface area (Å²) in [4.78, 5) is 4.47. The number of nitrogens with two attached hydrogens (primary N) is 1. The van der Waals surface area contributed by atoms with Crippen LogP contribution in [0.2, 0.25) is 0 Å². The van der Waals surface area contributed by atoms with Crippen LogP contribution in [0.1, 0.15) is 24.1 Å². The Kier molecular flexibility index (Phi) is 3.00. The second-order valence-electron chi connectivity index (χ2n) is 4.37. The fourth-order valence-corrected chi connectivity index (χ4v) is 1.96. The summed E-state index contributed by atoms with van der Waals surface area (Å²) in [5.41, 5.74) is 9.18. The molecule has 6 nitrogen and oxygen atoms in total. The van der Waals surface area contributed by atoms with Crippen molar-refractivity contribution in [2.75, 3.05) is 0 Å². The van der Waals surface area contributed by atoms with Crippen LogP contribution in [0.4, 0.5) is 0 Å². The van der Waals surface area contributed by atoms with E-state index in [9.17, 15) is 0 Å². The van der Waals surface area contributed by atoms with Crippen molar-refractivity contribution in [3.05, 3.63) is 41.5 Å². The summed E-state index contributed by atoms with van der Waals surface area (Å²) >= 11 is 0. The molecule has 0 saturated carbocycles. The van der Waals surface area contributed by atoms with Crippen LogP contribution >= 0.6 is 0 Å². The molecule has 0 atom stereocenters. The van der Waals surface area contributed by atoms with Gasteiger partial charge in [0.05, 0.1) is 11.9 Å². The second kappa shape index (κ2) is 4.81. The molecule has 0 spiro atoms. The molecule has 98 valence electrons. The van der Waals surface area contributed by atoms with Crippen molar-refractivity contribution in [3.8, 4) is 0 Å². The molecule has 3 rings (SSSR count). The molecule has 0 amide bonds. The van der Waals surface area contributed by atoms with Gasteiger partial charge in [-0.2, -0.15) is 0 Å². The normalized spacial score (nSPS) is 11.3. The number of fused-ring (bicyclic) bond motifs is 1. The van der Waals surface area contributed by atoms with E-state index in [1.807, 2.05) is 6.07 Å². The van der Waals surface area contributed by atoms with Crippen molar-refractivity contribution in [1.29, 1.82) is 0 Å². The molecule has 0 aliphatic heterocycles. The zero-order valence-electron chi connectivity index (χ0n) is 10.7. The minimum absolute atomic E-state index is 0.382. The first kappa shape index (κ1) is 11.9. The Morgan fingerprint density at radius 1 is 1.37 bits per heavy atom. The fourth-order valence-electron chi connectivity index (χ4n) is 1.96. The van der Waals surface area contributed by atoms with Gasteiger partial charge < -0.3 is 10.2 Å². The number of aryl methyl sites for hydroxylation is 1. The van der Waals surface area contributed by atoms with Gasteiger partial charge in [-0.05, 0) is 24.1 Å². The Morgan fingerprint density at radius 2 is 2.26 bits per heavy atom. The summed E-state index contributed by atoms with van der Waals surface area (Å²) < 4.78 is 7.36. The van der Waals surface area contributed by atoms with E-state index in [1.165, 1.54) is 5.56 Å². The minimum atomic E-state index is 0.382. The highest BCUT2D eigenvalue weighted by Crippen LogP contribution is 2.18. The maximum Gasteiger partial charge on any atom is 0.217 e. The number of nitrogens with zero attached hydrogens (tertiary/aromatic N) is 4. The van der Waals surface area contributed by atoms with Gasteiger partial charge in [0.2, 0.25) is 5.89 Å². The van der Waals surface area contributed by atoms with E-state index in [2.05, 4.69) is 34.4 Å². The van der Waals surface area contributed by atoms with Gasteiger partial charge >= 0.3 is 0 Å². The highest BCUT2D eigenvalue weighted by Gasteiger charge is 2.08. The molecule has 0 fully saturated rings. The summed E-state index contributed by atoms with van der Waals surface area (Å²) in [5, 5.41) is 7.90. The molecule has 2 heterocycles. The van der Waals surface area contributed by atoms with Gasteiger partial charge in [0, 0.05) is 6.54 Å². The van der Waals surface area contributed by atoms with Crippen molar-refractivity contribution in [2.45, 2.75) is 26.4 Å². The zero-order chi connectivity index (χ0) is 13.2. The number of oxazole rings is 1. The van der Waals surface area contributed by atoms with Gasteiger partial charge in [0.25, 0.3) is 0 Å². The quantitative estimate of drug-likeness (QED) is 0.765. The Balaban J connectivity index is 1.88. The smallest absolute Gasteiger partial charge is 0.217 e. The molecule has 3 aromatic rings. The summed E-state index contributed by atoms with van der Waals surface area (Å²) in [6.45, 7) is 2.96. The molecule has 2 aromatic heterocycles.